The maximum absolute atomic E-state index is 14.1. The van der Waals surface area contributed by atoms with E-state index in [1.54, 1.807) is 50.3 Å². The number of benzene rings is 3. The highest BCUT2D eigenvalue weighted by molar-refractivity contribution is 7.80. The number of aromatic carboxylic acids is 1. The van der Waals surface area contributed by atoms with Gasteiger partial charge in [0.1, 0.15) is 23.2 Å². The van der Waals surface area contributed by atoms with Gasteiger partial charge < -0.3 is 60.4 Å². The fourth-order valence-electron chi connectivity index (χ4n) is 9.06. The van der Waals surface area contributed by atoms with Crippen LogP contribution in [0.25, 0.3) is 33.4 Å². The number of hydrogen-bond acceptors (Lipinski definition) is 15. The van der Waals surface area contributed by atoms with E-state index in [0.717, 1.165) is 18.9 Å². The molecule has 19 heteroatoms. The summed E-state index contributed by atoms with van der Waals surface area (Å²) in [5.41, 5.74) is 7.99. The van der Waals surface area contributed by atoms with Crippen LogP contribution in [0.2, 0.25) is 0 Å². The van der Waals surface area contributed by atoms with Gasteiger partial charge in [0.15, 0.2) is 11.5 Å². The highest BCUT2D eigenvalue weighted by Gasteiger charge is 2.34. The van der Waals surface area contributed by atoms with E-state index < -0.39 is 59.9 Å². The Balaban J connectivity index is 1.08. The number of aliphatic hydroxyl groups excluding tert-OH is 1. The number of carbonyl (C=O) groups excluding carboxylic acids is 4. The van der Waals surface area contributed by atoms with Gasteiger partial charge in [0.2, 0.25) is 11.6 Å². The molecule has 2 aromatic rings. The number of phenolic OH excluding ortho intramolecular Hbond substituents is 1. The number of aromatic hydroxyl groups is 1. The number of ether oxygens (including phenoxy) is 4. The third-order valence-corrected chi connectivity index (χ3v) is 13.1. The molecular formula is C55H62N4O14S. The fraction of sp³-hybridized carbons (Fsp3) is 0.364. The minimum absolute atomic E-state index is 0.0346. The van der Waals surface area contributed by atoms with Gasteiger partial charge in [0, 0.05) is 78.2 Å². The summed E-state index contributed by atoms with van der Waals surface area (Å²) < 4.78 is 28.5. The summed E-state index contributed by atoms with van der Waals surface area (Å²) in [6.07, 6.45) is 6.02. The number of carboxylic acid groups (broad SMARTS) is 1. The number of methoxy groups -OCH3 is 2. The topological polar surface area (TPSA) is 275 Å². The highest BCUT2D eigenvalue weighted by atomic mass is 32.1. The van der Waals surface area contributed by atoms with Crippen LogP contribution in [0.1, 0.15) is 76.6 Å². The minimum atomic E-state index is -1.21. The molecule has 18 nitrogen and oxygen atoms in total. The van der Waals surface area contributed by atoms with E-state index in [1.165, 1.54) is 63.6 Å². The van der Waals surface area contributed by atoms with Crippen LogP contribution in [-0.2, 0) is 33.3 Å². The normalized spacial score (nSPS) is 23.0. The van der Waals surface area contributed by atoms with Crippen molar-refractivity contribution in [3.8, 4) is 28.2 Å². The Morgan fingerprint density at radius 3 is 2.41 bits per heavy atom. The van der Waals surface area contributed by atoms with Gasteiger partial charge in [-0.1, -0.05) is 50.6 Å². The largest absolute Gasteiger partial charge is 0.508 e. The van der Waals surface area contributed by atoms with Crippen molar-refractivity contribution < 1.29 is 62.7 Å². The Bertz CT molecular complexity index is 2990. The van der Waals surface area contributed by atoms with Crippen LogP contribution in [0.5, 0.6) is 5.75 Å². The lowest BCUT2D eigenvalue weighted by atomic mass is 9.85. The van der Waals surface area contributed by atoms with Gasteiger partial charge in [0.25, 0.3) is 11.1 Å². The van der Waals surface area contributed by atoms with Crippen molar-refractivity contribution in [2.24, 2.45) is 17.6 Å². The molecule has 0 aromatic heterocycles. The highest BCUT2D eigenvalue weighted by Crippen LogP contribution is 2.42. The molecule has 0 saturated carbocycles. The molecule has 6 atom stereocenters. The number of anilines is 1. The van der Waals surface area contributed by atoms with E-state index in [2.05, 4.69) is 16.0 Å². The zero-order valence-corrected chi connectivity index (χ0v) is 42.8. The molecule has 392 valence electrons. The van der Waals surface area contributed by atoms with E-state index in [4.69, 9.17) is 41.3 Å². The van der Waals surface area contributed by atoms with Gasteiger partial charge in [-0.15, -0.1) is 0 Å². The number of hydrogen-bond donors (Lipinski definition) is 7. The predicted octanol–water partition coefficient (Wildman–Crippen LogP) is 7.61. The number of unbranched alkanes of at least 4 members (excludes halogenated alkanes) is 3. The number of Topliss-reactive ketones (excluding diaryl/α,β-unsaturated/α-hetero) is 1. The quantitative estimate of drug-likeness (QED) is 0.0210. The van der Waals surface area contributed by atoms with E-state index in [-0.39, 0.29) is 74.7 Å². The molecule has 0 radical (unpaired) electrons. The van der Waals surface area contributed by atoms with Crippen LogP contribution in [0, 0.1) is 11.8 Å². The van der Waals surface area contributed by atoms with Crippen molar-refractivity contribution in [3.05, 3.63) is 129 Å². The first-order valence-corrected chi connectivity index (χ1v) is 24.5. The monoisotopic (exact) mass is 1030 g/mol. The third kappa shape index (κ3) is 14.0. The maximum atomic E-state index is 14.1. The van der Waals surface area contributed by atoms with E-state index in [9.17, 15) is 44.1 Å². The molecule has 0 fully saturated rings. The Kier molecular flexibility index (Phi) is 19.2. The van der Waals surface area contributed by atoms with Crippen LogP contribution in [0.4, 0.5) is 10.5 Å². The van der Waals surface area contributed by atoms with Crippen molar-refractivity contribution in [2.45, 2.75) is 90.6 Å². The molecule has 2 aromatic carbocycles. The van der Waals surface area contributed by atoms with Crippen LogP contribution in [0.3, 0.4) is 0 Å². The summed E-state index contributed by atoms with van der Waals surface area (Å²) in [6.45, 7) is 7.54. The minimum Gasteiger partial charge on any atom is -0.508 e. The number of ketones is 2. The summed E-state index contributed by atoms with van der Waals surface area (Å²) in [5, 5.41) is 41.3. The number of nitrogens with two attached hydrogens (primary N) is 1. The Morgan fingerprint density at radius 1 is 0.946 bits per heavy atom. The molecule has 2 heterocycles. The van der Waals surface area contributed by atoms with Gasteiger partial charge in [-0.2, -0.15) is 0 Å². The molecule has 2 aliphatic heterocycles. The average Bonchev–Trinajstić information content (AvgIpc) is 3.35. The lowest BCUT2D eigenvalue weighted by Gasteiger charge is -2.30. The first-order chi connectivity index (χ1) is 35.3. The average molecular weight is 1040 g/mol. The first-order valence-electron chi connectivity index (χ1n) is 24.1. The Hall–Kier alpha value is -7.45. The number of phenols is 1. The number of rotatable bonds is 14. The van der Waals surface area contributed by atoms with Crippen LogP contribution in [-0.4, -0.2) is 102 Å². The number of nitrogens with one attached hydrogen (secondary N) is 3. The number of aliphatic hydroxyl groups is 1. The summed E-state index contributed by atoms with van der Waals surface area (Å²) in [6, 6.07) is 13.5. The first kappa shape index (κ1) is 55.9. The number of thiocarbonyl (C=S) groups is 1. The van der Waals surface area contributed by atoms with Gasteiger partial charge in [-0.3, -0.25) is 19.2 Å². The van der Waals surface area contributed by atoms with E-state index in [1.807, 2.05) is 6.92 Å². The standard InChI is InChI=1S/C55H62N4O14S/c1-29-22-40-48(42(62)28-41(50(40)64)59-52(65)30(2)12-11-13-43(69-5)51(73-54(56)68)32(4)24-31(3)49(63)46(23-29)70-6)57-20-9-7-8-10-21-71-55(74)58-33-14-17-36(39(25-33)53(66)67)47-37-18-15-34(60)26-44(37)72-45-27-35(61)16-19-38(45)47/h11-19,24-29,31,43,46,49,51,57,60,63H,7-10,20-23H2,1-6H3,(H2,56,68)(H,58,74)(H,59,65)(H,66,67)/b13-11-,30-12+,32-24+/t29-,31+,43?,46+,49-,51+/m1/s1. The number of carbonyl (C=O) groups is 5. The number of amides is 2. The summed E-state index contributed by atoms with van der Waals surface area (Å²) in [4.78, 5) is 78.0. The van der Waals surface area contributed by atoms with Gasteiger partial charge in [-0.05, 0) is 112 Å². The lowest BCUT2D eigenvalue weighted by Crippen LogP contribution is -2.38. The van der Waals surface area contributed by atoms with Gasteiger partial charge in [-0.25, -0.2) is 9.59 Å². The summed E-state index contributed by atoms with van der Waals surface area (Å²) >= 11 is 5.43. The van der Waals surface area contributed by atoms with Crippen LogP contribution < -0.4 is 27.1 Å². The molecule has 6 rings (SSSR count). The molecular weight excluding hydrogens is 973 g/mol. The predicted molar refractivity (Wildman–Crippen MR) is 281 cm³/mol. The number of fused-ring (bicyclic) bond motifs is 4. The number of carboxylic acids is 1. The SMILES string of the molecule is COC1/C=C\C=C(/C)C(=O)NC2=CC(=O)C(NCCCCCCOC(=S)Nc3ccc(-c4c5ccc(=O)cc-5oc5cc(O)ccc45)c(C(=O)O)c3)=C(C[C@@H](C)C[C@H](OC)[C@H](O)[C@@H](C)/C=C(\C)[C@@H]1OC(N)=O)C2=O. The fourth-order valence-corrected chi connectivity index (χ4v) is 9.26. The molecule has 2 bridgehead atoms. The molecule has 1 unspecified atom stereocenters. The van der Waals surface area contributed by atoms with Gasteiger partial charge in [0.05, 0.1) is 35.8 Å². The number of primary amides is 1. The third-order valence-electron chi connectivity index (χ3n) is 12.8. The van der Waals surface area contributed by atoms with Crippen molar-refractivity contribution in [1.29, 1.82) is 0 Å². The Labute approximate surface area is 433 Å². The van der Waals surface area contributed by atoms with Gasteiger partial charge >= 0.3 is 12.1 Å². The van der Waals surface area contributed by atoms with Crippen LogP contribution >= 0.6 is 12.2 Å². The zero-order chi connectivity index (χ0) is 53.8. The Morgan fingerprint density at radius 2 is 1.69 bits per heavy atom. The maximum Gasteiger partial charge on any atom is 0.405 e. The second-order valence-corrected chi connectivity index (χ2v) is 18.8. The molecule has 0 saturated heterocycles. The summed E-state index contributed by atoms with van der Waals surface area (Å²) in [7, 11) is 2.89. The molecule has 8 N–H and O–H groups in total. The molecule has 0 spiro atoms. The molecule has 2 amide bonds. The molecule has 4 aliphatic rings. The molecule has 74 heavy (non-hydrogen) atoms. The van der Waals surface area contributed by atoms with Crippen molar-refractivity contribution in [2.75, 3.05) is 32.7 Å². The van der Waals surface area contributed by atoms with E-state index >= 15 is 0 Å². The molecule has 2 aliphatic carbocycles. The van der Waals surface area contributed by atoms with Crippen LogP contribution in [0.15, 0.2) is 122 Å². The second kappa shape index (κ2) is 25.5. The number of allylic oxidation sites excluding steroid dienone is 4. The zero-order valence-electron chi connectivity index (χ0n) is 42.0. The van der Waals surface area contributed by atoms with Crippen molar-refractivity contribution in [3.63, 3.8) is 0 Å². The summed E-state index contributed by atoms with van der Waals surface area (Å²) in [5.74, 6) is -3.45. The smallest absolute Gasteiger partial charge is 0.405 e. The van der Waals surface area contributed by atoms with E-state index in [0.29, 0.717) is 59.1 Å². The lowest BCUT2D eigenvalue weighted by molar-refractivity contribution is -0.120. The van der Waals surface area contributed by atoms with Crippen molar-refractivity contribution >= 4 is 63.6 Å². The second-order valence-electron chi connectivity index (χ2n) is 18.4. The van der Waals surface area contributed by atoms with Crippen molar-refractivity contribution in [1.82, 2.24) is 10.6 Å².